The van der Waals surface area contributed by atoms with Gasteiger partial charge in [-0.1, -0.05) is 46.3 Å². The molecule has 0 radical (unpaired) electrons. The summed E-state index contributed by atoms with van der Waals surface area (Å²) in [6.45, 7) is 3.41. The predicted molar refractivity (Wildman–Crippen MR) is 104 cm³/mol. The van der Waals surface area contributed by atoms with Crippen molar-refractivity contribution in [1.29, 1.82) is 0 Å². The molecule has 1 aliphatic heterocycles. The second kappa shape index (κ2) is 6.53. The van der Waals surface area contributed by atoms with E-state index in [4.69, 9.17) is 4.74 Å². The summed E-state index contributed by atoms with van der Waals surface area (Å²) in [5.74, 6) is 0.248. The first-order chi connectivity index (χ1) is 12.5. The van der Waals surface area contributed by atoms with Crippen LogP contribution in [0.3, 0.4) is 0 Å². The first kappa shape index (κ1) is 16.7. The highest BCUT2D eigenvalue weighted by atomic mass is 79.9. The van der Waals surface area contributed by atoms with E-state index in [0.29, 0.717) is 5.90 Å². The molecule has 2 heterocycles. The minimum atomic E-state index is -0.581. The number of hydrogen-bond acceptors (Lipinski definition) is 4. The van der Waals surface area contributed by atoms with Crippen LogP contribution in [0.4, 0.5) is 0 Å². The van der Waals surface area contributed by atoms with E-state index in [-0.39, 0.29) is 5.91 Å². The van der Waals surface area contributed by atoms with Gasteiger partial charge >= 0.3 is 0 Å². The largest absolute Gasteiger partial charge is 0.446 e. The number of amides is 1. The molecule has 0 aliphatic carbocycles. The summed E-state index contributed by atoms with van der Waals surface area (Å²) in [6, 6.07) is 17.4. The van der Waals surface area contributed by atoms with Gasteiger partial charge in [0, 0.05) is 33.6 Å². The lowest BCUT2D eigenvalue weighted by Gasteiger charge is -2.19. The number of halogens is 1. The molecular formula is C20H16BrN3O2. The lowest BCUT2D eigenvalue weighted by atomic mass is 10.1. The number of aromatic nitrogens is 1. The van der Waals surface area contributed by atoms with Crippen LogP contribution in [-0.4, -0.2) is 21.8 Å². The molecular weight excluding hydrogens is 394 g/mol. The number of nitrogens with zero attached hydrogens (tertiary/aromatic N) is 3. The van der Waals surface area contributed by atoms with Gasteiger partial charge < -0.3 is 4.74 Å². The van der Waals surface area contributed by atoms with Crippen molar-refractivity contribution in [2.24, 2.45) is 5.10 Å². The summed E-state index contributed by atoms with van der Waals surface area (Å²) in [5.41, 5.74) is 3.43. The minimum Gasteiger partial charge on any atom is -0.446 e. The first-order valence-corrected chi connectivity index (χ1v) is 8.99. The quantitative estimate of drug-likeness (QED) is 0.623. The van der Waals surface area contributed by atoms with E-state index in [0.717, 1.165) is 32.2 Å². The van der Waals surface area contributed by atoms with Crippen molar-refractivity contribution in [2.75, 3.05) is 0 Å². The average Bonchev–Trinajstić information content (AvgIpc) is 3.07. The lowest BCUT2D eigenvalue weighted by Crippen LogP contribution is -2.25. The maximum absolute atomic E-state index is 12.1. The molecule has 1 amide bonds. The number of fused-ring (bicyclic) bond motifs is 1. The molecule has 0 unspecified atom stereocenters. The van der Waals surface area contributed by atoms with Crippen molar-refractivity contribution in [3.63, 3.8) is 0 Å². The fourth-order valence-corrected chi connectivity index (χ4v) is 3.27. The monoisotopic (exact) mass is 409 g/mol. The Labute approximate surface area is 159 Å². The van der Waals surface area contributed by atoms with Gasteiger partial charge in [-0.25, -0.2) is 0 Å². The van der Waals surface area contributed by atoms with Gasteiger partial charge in [0.2, 0.25) is 18.0 Å². The van der Waals surface area contributed by atoms with E-state index >= 15 is 0 Å². The molecule has 1 aliphatic rings. The highest BCUT2D eigenvalue weighted by Crippen LogP contribution is 2.32. The van der Waals surface area contributed by atoms with Crippen molar-refractivity contribution < 1.29 is 9.53 Å². The van der Waals surface area contributed by atoms with Crippen LogP contribution in [0.1, 0.15) is 30.0 Å². The number of pyridine rings is 1. The number of benzene rings is 2. The smallest absolute Gasteiger partial charge is 0.243 e. The topological polar surface area (TPSA) is 54.8 Å². The number of carbonyl (C=O) groups excluding carboxylic acids is 1. The molecule has 0 spiro atoms. The SMILES string of the molecule is CC(=O)N1N=C(c2cc(C)nc3ccccc23)O[C@H]1c1ccc(Br)cc1. The number of aryl methyl sites for hydroxylation is 1. The zero-order chi connectivity index (χ0) is 18.3. The highest BCUT2D eigenvalue weighted by molar-refractivity contribution is 9.10. The van der Waals surface area contributed by atoms with Crippen LogP contribution >= 0.6 is 15.9 Å². The summed E-state index contributed by atoms with van der Waals surface area (Å²) in [5, 5.41) is 6.79. The highest BCUT2D eigenvalue weighted by Gasteiger charge is 2.33. The van der Waals surface area contributed by atoms with E-state index < -0.39 is 6.23 Å². The maximum Gasteiger partial charge on any atom is 0.243 e. The molecule has 0 fully saturated rings. The number of para-hydroxylation sites is 1. The minimum absolute atomic E-state index is 0.178. The molecule has 3 aromatic rings. The number of carbonyl (C=O) groups is 1. The van der Waals surface area contributed by atoms with Crippen LogP contribution in [0.2, 0.25) is 0 Å². The van der Waals surface area contributed by atoms with Crippen molar-refractivity contribution in [3.05, 3.63) is 75.9 Å². The second-order valence-electron chi connectivity index (χ2n) is 6.12. The Kier molecular flexibility index (Phi) is 4.20. The van der Waals surface area contributed by atoms with E-state index in [2.05, 4.69) is 26.0 Å². The fourth-order valence-electron chi connectivity index (χ4n) is 3.00. The molecule has 26 heavy (non-hydrogen) atoms. The summed E-state index contributed by atoms with van der Waals surface area (Å²) >= 11 is 3.42. The van der Waals surface area contributed by atoms with Crippen molar-refractivity contribution >= 4 is 38.6 Å². The van der Waals surface area contributed by atoms with E-state index in [1.807, 2.05) is 61.5 Å². The van der Waals surface area contributed by atoms with Crippen LogP contribution in [0.15, 0.2) is 64.2 Å². The summed E-state index contributed by atoms with van der Waals surface area (Å²) in [6.07, 6.45) is -0.581. The number of hydrazone groups is 1. The van der Waals surface area contributed by atoms with Gasteiger partial charge in [0.25, 0.3) is 0 Å². The number of hydrogen-bond donors (Lipinski definition) is 0. The van der Waals surface area contributed by atoms with Gasteiger partial charge in [-0.2, -0.15) is 5.01 Å². The van der Waals surface area contributed by atoms with E-state index in [9.17, 15) is 4.79 Å². The van der Waals surface area contributed by atoms with Gasteiger partial charge in [0.15, 0.2) is 0 Å². The Balaban J connectivity index is 1.80. The predicted octanol–water partition coefficient (Wildman–Crippen LogP) is 4.54. The Bertz CT molecular complexity index is 1030. The van der Waals surface area contributed by atoms with Gasteiger partial charge in [-0.3, -0.25) is 9.78 Å². The third-order valence-electron chi connectivity index (χ3n) is 4.20. The third-order valence-corrected chi connectivity index (χ3v) is 4.73. The van der Waals surface area contributed by atoms with Crippen molar-refractivity contribution in [2.45, 2.75) is 20.1 Å². The van der Waals surface area contributed by atoms with E-state index in [1.165, 1.54) is 11.9 Å². The zero-order valence-electron chi connectivity index (χ0n) is 14.3. The summed E-state index contributed by atoms with van der Waals surface area (Å²) < 4.78 is 7.09. The molecule has 0 N–H and O–H groups in total. The van der Waals surface area contributed by atoms with Crippen LogP contribution in [0.25, 0.3) is 10.9 Å². The number of ether oxygens (including phenoxy) is 1. The molecule has 0 saturated carbocycles. The molecule has 130 valence electrons. The fraction of sp³-hybridized carbons (Fsp3) is 0.150. The molecule has 0 saturated heterocycles. The molecule has 2 aromatic carbocycles. The standard InChI is InChI=1S/C20H16BrN3O2/c1-12-11-17(16-5-3-4-6-18(16)22-12)19-23-24(13(2)25)20(26-19)14-7-9-15(21)10-8-14/h3-11,20H,1-2H3/t20-/m0/s1. The molecule has 1 aromatic heterocycles. The Hall–Kier alpha value is -2.73. The van der Waals surface area contributed by atoms with Gasteiger partial charge in [-0.15, -0.1) is 5.10 Å². The Morgan fingerprint density at radius 1 is 1.15 bits per heavy atom. The zero-order valence-corrected chi connectivity index (χ0v) is 15.9. The molecule has 1 atom stereocenters. The van der Waals surface area contributed by atoms with E-state index in [1.54, 1.807) is 0 Å². The molecule has 5 nitrogen and oxygen atoms in total. The van der Waals surface area contributed by atoms with Gasteiger partial charge in [0.1, 0.15) is 0 Å². The Morgan fingerprint density at radius 3 is 2.62 bits per heavy atom. The summed E-state index contributed by atoms with van der Waals surface area (Å²) in [4.78, 5) is 16.7. The van der Waals surface area contributed by atoms with Crippen LogP contribution < -0.4 is 0 Å². The van der Waals surface area contributed by atoms with Gasteiger partial charge in [-0.05, 0) is 31.2 Å². The molecule has 6 heteroatoms. The average molecular weight is 410 g/mol. The Morgan fingerprint density at radius 2 is 1.88 bits per heavy atom. The van der Waals surface area contributed by atoms with Crippen LogP contribution in [0.5, 0.6) is 0 Å². The van der Waals surface area contributed by atoms with Crippen LogP contribution in [0, 0.1) is 6.92 Å². The summed E-state index contributed by atoms with van der Waals surface area (Å²) in [7, 11) is 0. The third kappa shape index (κ3) is 2.97. The van der Waals surface area contributed by atoms with Crippen molar-refractivity contribution in [3.8, 4) is 0 Å². The second-order valence-corrected chi connectivity index (χ2v) is 7.03. The van der Waals surface area contributed by atoms with Gasteiger partial charge in [0.05, 0.1) is 5.52 Å². The maximum atomic E-state index is 12.1. The molecule has 0 bridgehead atoms. The normalized spacial score (nSPS) is 16.5. The first-order valence-electron chi connectivity index (χ1n) is 8.20. The molecule has 4 rings (SSSR count). The number of rotatable bonds is 2. The lowest BCUT2D eigenvalue weighted by molar-refractivity contribution is -0.135. The van der Waals surface area contributed by atoms with Crippen molar-refractivity contribution in [1.82, 2.24) is 9.99 Å². The van der Waals surface area contributed by atoms with Crippen LogP contribution in [-0.2, 0) is 9.53 Å².